The second-order valence-electron chi connectivity index (χ2n) is 19.4. The smallest absolute Gasteiger partial charge is 0.306 e. The number of esters is 1. The van der Waals surface area contributed by atoms with E-state index in [1.54, 1.807) is 0 Å². The molecule has 11 unspecified atom stereocenters. The van der Waals surface area contributed by atoms with Crippen LogP contribution in [0.1, 0.15) is 194 Å². The van der Waals surface area contributed by atoms with Crippen LogP contribution in [0.15, 0.2) is 60.8 Å². The van der Waals surface area contributed by atoms with Gasteiger partial charge in [0.2, 0.25) is 0 Å². The van der Waals surface area contributed by atoms with Crippen molar-refractivity contribution in [3.63, 3.8) is 0 Å². The number of hydrogen-bond acceptors (Lipinski definition) is 14. The van der Waals surface area contributed by atoms with Crippen molar-refractivity contribution < 1.29 is 69.0 Å². The van der Waals surface area contributed by atoms with Gasteiger partial charge in [0.1, 0.15) is 54.9 Å². The van der Waals surface area contributed by atoms with E-state index in [1.807, 2.05) is 0 Å². The molecule has 2 saturated heterocycles. The van der Waals surface area contributed by atoms with Crippen LogP contribution in [0.2, 0.25) is 0 Å². The van der Waals surface area contributed by atoms with Crippen molar-refractivity contribution >= 4 is 5.97 Å². The molecule has 0 bridgehead atoms. The maximum atomic E-state index is 13.0. The first-order valence-corrected chi connectivity index (χ1v) is 27.9. The van der Waals surface area contributed by atoms with Crippen LogP contribution in [0, 0.1) is 0 Å². The molecule has 71 heavy (non-hydrogen) atoms. The van der Waals surface area contributed by atoms with Crippen molar-refractivity contribution in [1.82, 2.24) is 0 Å². The first-order valence-electron chi connectivity index (χ1n) is 27.9. The Hall–Kier alpha value is -2.31. The van der Waals surface area contributed by atoms with Gasteiger partial charge in [0.15, 0.2) is 12.6 Å². The summed E-state index contributed by atoms with van der Waals surface area (Å²) in [5.41, 5.74) is 0. The summed E-state index contributed by atoms with van der Waals surface area (Å²) in [6.07, 6.45) is 37.1. The van der Waals surface area contributed by atoms with Gasteiger partial charge in [-0.25, -0.2) is 0 Å². The molecule has 0 aromatic rings. The van der Waals surface area contributed by atoms with Crippen LogP contribution in [0.3, 0.4) is 0 Å². The number of rotatable bonds is 44. The Morgan fingerprint density at radius 3 is 1.45 bits per heavy atom. The van der Waals surface area contributed by atoms with Crippen molar-refractivity contribution in [1.29, 1.82) is 0 Å². The molecule has 7 N–H and O–H groups in total. The van der Waals surface area contributed by atoms with E-state index in [-0.39, 0.29) is 25.6 Å². The predicted molar refractivity (Wildman–Crippen MR) is 279 cm³/mol. The predicted octanol–water partition coefficient (Wildman–Crippen LogP) is 9.30. The molecule has 0 radical (unpaired) electrons. The molecule has 0 amide bonds. The third-order valence-corrected chi connectivity index (χ3v) is 13.0. The monoisotopic (exact) mass is 1010 g/mol. The fourth-order valence-corrected chi connectivity index (χ4v) is 8.51. The van der Waals surface area contributed by atoms with Crippen molar-refractivity contribution in [2.45, 2.75) is 261 Å². The summed E-state index contributed by atoms with van der Waals surface area (Å²) in [6, 6.07) is 0. The minimum Gasteiger partial charge on any atom is -0.457 e. The van der Waals surface area contributed by atoms with Crippen molar-refractivity contribution in [3.8, 4) is 0 Å². The number of ether oxygens (including phenoxy) is 6. The molecule has 412 valence electrons. The summed E-state index contributed by atoms with van der Waals surface area (Å²) < 4.78 is 34.3. The topological polar surface area (TPSA) is 214 Å². The van der Waals surface area contributed by atoms with Crippen molar-refractivity contribution in [2.75, 3.05) is 33.0 Å². The lowest BCUT2D eigenvalue weighted by Gasteiger charge is -2.42. The fourth-order valence-electron chi connectivity index (χ4n) is 8.51. The second-order valence-corrected chi connectivity index (χ2v) is 19.4. The standard InChI is InChI=1S/C57H100O14/c1-3-5-7-9-11-13-15-17-18-19-20-21-22-23-24-25-26-27-29-31-33-35-37-39-41-66-43-46(69-49(59)40-38-36-34-32-30-28-16-14-12-10-8-6-4-2)44-67-56-55(65)53(63)51(61)48(71-56)45-68-57-54(64)52(62)50(60)47(42-58)70-57/h5,7,11,13-14,16-18,20-21,46-48,50-58,60-65H,3-4,6,8-10,12,15,19,22-45H2,1-2H3/b7-5-,13-11-,16-14-,18-17-,21-20-. The highest BCUT2D eigenvalue weighted by molar-refractivity contribution is 5.69. The summed E-state index contributed by atoms with van der Waals surface area (Å²) in [7, 11) is 0. The summed E-state index contributed by atoms with van der Waals surface area (Å²) in [4.78, 5) is 13.0. The average molecular weight is 1010 g/mol. The molecule has 0 spiro atoms. The number of hydrogen-bond donors (Lipinski definition) is 7. The number of aliphatic hydroxyl groups excluding tert-OH is 7. The maximum Gasteiger partial charge on any atom is 0.306 e. The molecule has 11 atom stereocenters. The van der Waals surface area contributed by atoms with E-state index in [0.29, 0.717) is 13.0 Å². The van der Waals surface area contributed by atoms with E-state index in [1.165, 1.54) is 77.0 Å². The van der Waals surface area contributed by atoms with E-state index < -0.39 is 80.7 Å². The first-order chi connectivity index (χ1) is 34.6. The highest BCUT2D eigenvalue weighted by Gasteiger charge is 2.47. The van der Waals surface area contributed by atoms with Gasteiger partial charge in [-0.1, -0.05) is 171 Å². The lowest BCUT2D eigenvalue weighted by molar-refractivity contribution is -0.332. The van der Waals surface area contributed by atoms with Crippen LogP contribution in [0.25, 0.3) is 0 Å². The Kier molecular flexibility index (Phi) is 40.2. The van der Waals surface area contributed by atoms with Gasteiger partial charge in [0.25, 0.3) is 0 Å². The Bertz CT molecular complexity index is 1400. The van der Waals surface area contributed by atoms with E-state index in [0.717, 1.165) is 89.9 Å². The van der Waals surface area contributed by atoms with Crippen LogP contribution in [-0.2, 0) is 33.2 Å². The Balaban J connectivity index is 1.70. The van der Waals surface area contributed by atoms with Gasteiger partial charge in [-0.3, -0.25) is 4.79 Å². The van der Waals surface area contributed by atoms with Crippen LogP contribution in [0.4, 0.5) is 0 Å². The molecule has 2 heterocycles. The van der Waals surface area contributed by atoms with E-state index in [4.69, 9.17) is 28.4 Å². The minimum absolute atomic E-state index is 0.0545. The molecule has 2 aliphatic heterocycles. The number of carbonyl (C=O) groups excluding carboxylic acids is 1. The molecule has 0 aromatic carbocycles. The molecule has 14 heteroatoms. The maximum absolute atomic E-state index is 13.0. The zero-order valence-corrected chi connectivity index (χ0v) is 43.9. The number of carbonyl (C=O) groups is 1. The zero-order valence-electron chi connectivity index (χ0n) is 43.9. The second kappa shape index (κ2) is 44.0. The summed E-state index contributed by atoms with van der Waals surface area (Å²) in [6.45, 7) is 3.54. The van der Waals surface area contributed by atoms with Gasteiger partial charge < -0.3 is 64.2 Å². The molecule has 2 aliphatic rings. The number of unbranched alkanes of at least 4 members (excludes halogenated alkanes) is 20. The highest BCUT2D eigenvalue weighted by atomic mass is 16.7. The molecule has 2 fully saturated rings. The molecule has 0 aliphatic carbocycles. The van der Waals surface area contributed by atoms with E-state index in [9.17, 15) is 40.5 Å². The number of aliphatic hydroxyl groups is 7. The summed E-state index contributed by atoms with van der Waals surface area (Å²) >= 11 is 0. The fraction of sp³-hybridized carbons (Fsp3) is 0.807. The lowest BCUT2D eigenvalue weighted by atomic mass is 9.98. The van der Waals surface area contributed by atoms with E-state index >= 15 is 0 Å². The normalized spacial score (nSPS) is 25.8. The molecular formula is C57H100O14. The molecule has 0 saturated carbocycles. The SMILES string of the molecule is CC/C=C\C/C=C\C/C=C\C/C=C\CCCCCCCCCCCCCOCC(COC1OC(COC2OC(CO)C(O)C(O)C2O)C(O)C(O)C1O)OC(=O)CCCCCCC/C=C\CCCCCC. The van der Waals surface area contributed by atoms with Gasteiger partial charge in [-0.05, 0) is 77.0 Å². The summed E-state index contributed by atoms with van der Waals surface area (Å²) in [5, 5.41) is 72.2. The van der Waals surface area contributed by atoms with E-state index in [2.05, 4.69) is 74.6 Å². The van der Waals surface area contributed by atoms with Crippen LogP contribution in [0.5, 0.6) is 0 Å². The van der Waals surface area contributed by atoms with Crippen LogP contribution < -0.4 is 0 Å². The zero-order chi connectivity index (χ0) is 51.6. The Morgan fingerprint density at radius 2 is 0.915 bits per heavy atom. The van der Waals surface area contributed by atoms with Crippen molar-refractivity contribution in [2.24, 2.45) is 0 Å². The van der Waals surface area contributed by atoms with Gasteiger partial charge >= 0.3 is 5.97 Å². The third kappa shape index (κ3) is 31.2. The average Bonchev–Trinajstić information content (AvgIpc) is 3.37. The molecule has 2 rings (SSSR count). The number of allylic oxidation sites excluding steroid dienone is 10. The quantitative estimate of drug-likeness (QED) is 0.0172. The lowest BCUT2D eigenvalue weighted by Crippen LogP contribution is -2.61. The molecular weight excluding hydrogens is 909 g/mol. The van der Waals surface area contributed by atoms with Gasteiger partial charge in [-0.15, -0.1) is 0 Å². The van der Waals surface area contributed by atoms with Crippen LogP contribution >= 0.6 is 0 Å². The third-order valence-electron chi connectivity index (χ3n) is 13.0. The van der Waals surface area contributed by atoms with Crippen LogP contribution in [-0.4, -0.2) is 142 Å². The van der Waals surface area contributed by atoms with Gasteiger partial charge in [-0.2, -0.15) is 0 Å². The van der Waals surface area contributed by atoms with Gasteiger partial charge in [0.05, 0.1) is 26.4 Å². The summed E-state index contributed by atoms with van der Waals surface area (Å²) in [5.74, 6) is -0.388. The molecule has 0 aromatic heterocycles. The Labute approximate surface area is 428 Å². The molecule has 14 nitrogen and oxygen atoms in total. The largest absolute Gasteiger partial charge is 0.457 e. The first kappa shape index (κ1) is 64.8. The highest BCUT2D eigenvalue weighted by Crippen LogP contribution is 2.26. The Morgan fingerprint density at radius 1 is 0.479 bits per heavy atom. The minimum atomic E-state index is -1.71. The van der Waals surface area contributed by atoms with Crippen molar-refractivity contribution in [3.05, 3.63) is 60.8 Å². The van der Waals surface area contributed by atoms with Gasteiger partial charge in [0, 0.05) is 13.0 Å².